The van der Waals surface area contributed by atoms with E-state index in [1.165, 1.54) is 16.8 Å². The molecule has 2 aromatic rings. The topological polar surface area (TPSA) is 50.7 Å². The Balaban J connectivity index is 1.56. The molecule has 0 aliphatic carbocycles. The van der Waals surface area contributed by atoms with Crippen LogP contribution >= 0.6 is 0 Å². The van der Waals surface area contributed by atoms with E-state index in [9.17, 15) is 0 Å². The average molecular weight is 340 g/mol. The highest BCUT2D eigenvalue weighted by atomic mass is 16.6. The smallest absolute Gasteiger partial charge is 0.161 e. The molecule has 0 N–H and O–H groups in total. The van der Waals surface area contributed by atoms with Crippen LogP contribution in [-0.2, 0) is 19.5 Å². The number of nitrogens with zero attached hydrogens (tertiary/aromatic N) is 4. The minimum atomic E-state index is 0.610. The van der Waals surface area contributed by atoms with E-state index >= 15 is 0 Å². The number of hydrogen-bond acceptors (Lipinski definition) is 6. The largest absolute Gasteiger partial charge is 0.486 e. The van der Waals surface area contributed by atoms with Gasteiger partial charge < -0.3 is 14.4 Å². The molecule has 0 atom stereocenters. The molecule has 1 aromatic carbocycles. The van der Waals surface area contributed by atoms with Crippen LogP contribution in [-0.4, -0.2) is 48.2 Å². The molecule has 3 heterocycles. The van der Waals surface area contributed by atoms with Crippen molar-refractivity contribution in [3.05, 3.63) is 41.3 Å². The zero-order valence-corrected chi connectivity index (χ0v) is 14.9. The van der Waals surface area contributed by atoms with Crippen LogP contribution in [0.5, 0.6) is 11.5 Å². The summed E-state index contributed by atoms with van der Waals surface area (Å²) >= 11 is 0. The first-order chi connectivity index (χ1) is 12.2. The van der Waals surface area contributed by atoms with Crippen LogP contribution in [0.15, 0.2) is 24.5 Å². The fourth-order valence-electron chi connectivity index (χ4n) is 3.52. The van der Waals surface area contributed by atoms with E-state index < -0.39 is 0 Å². The average Bonchev–Trinajstić information content (AvgIpc) is 2.67. The number of ether oxygens (including phenoxy) is 2. The third-order valence-electron chi connectivity index (χ3n) is 4.89. The normalized spacial score (nSPS) is 16.4. The van der Waals surface area contributed by atoms with E-state index in [0.717, 1.165) is 49.9 Å². The van der Waals surface area contributed by atoms with Crippen LogP contribution in [0.25, 0.3) is 0 Å². The van der Waals surface area contributed by atoms with Crippen molar-refractivity contribution in [2.45, 2.75) is 26.4 Å². The maximum atomic E-state index is 5.69. The second-order valence-corrected chi connectivity index (χ2v) is 6.58. The molecular weight excluding hydrogens is 316 g/mol. The van der Waals surface area contributed by atoms with E-state index in [1.807, 2.05) is 6.07 Å². The standard InChI is InChI=1S/C19H24N4O2/c1-3-23-7-6-16-15(12-23)19(21-13-20-16)22(2)11-14-4-5-17-18(10-14)25-9-8-24-17/h4-5,10,13H,3,6-9,11-12H2,1-2H3. The lowest BCUT2D eigenvalue weighted by Crippen LogP contribution is -2.33. The number of aromatic nitrogens is 2. The van der Waals surface area contributed by atoms with E-state index in [4.69, 9.17) is 9.47 Å². The highest BCUT2D eigenvalue weighted by Crippen LogP contribution is 2.32. The first kappa shape index (κ1) is 16.1. The first-order valence-corrected chi connectivity index (χ1v) is 8.89. The van der Waals surface area contributed by atoms with Gasteiger partial charge in [0.1, 0.15) is 25.4 Å². The lowest BCUT2D eigenvalue weighted by atomic mass is 10.1. The van der Waals surface area contributed by atoms with Crippen LogP contribution in [0.2, 0.25) is 0 Å². The number of anilines is 1. The van der Waals surface area contributed by atoms with Crippen molar-refractivity contribution < 1.29 is 9.47 Å². The zero-order chi connectivity index (χ0) is 17.2. The van der Waals surface area contributed by atoms with Crippen LogP contribution in [0.4, 0.5) is 5.82 Å². The summed E-state index contributed by atoms with van der Waals surface area (Å²) in [6.07, 6.45) is 2.69. The van der Waals surface area contributed by atoms with Crippen LogP contribution < -0.4 is 14.4 Å². The molecule has 2 aliphatic heterocycles. The summed E-state index contributed by atoms with van der Waals surface area (Å²) in [7, 11) is 2.09. The highest BCUT2D eigenvalue weighted by molar-refractivity contribution is 5.50. The molecule has 1 aromatic heterocycles. The Bertz CT molecular complexity index is 765. The number of hydrogen-bond donors (Lipinski definition) is 0. The Hall–Kier alpha value is -2.34. The molecule has 0 saturated carbocycles. The van der Waals surface area contributed by atoms with Crippen molar-refractivity contribution >= 4 is 5.82 Å². The van der Waals surface area contributed by atoms with Gasteiger partial charge >= 0.3 is 0 Å². The molecule has 0 unspecified atom stereocenters. The summed E-state index contributed by atoms with van der Waals surface area (Å²) in [4.78, 5) is 13.7. The van der Waals surface area contributed by atoms with E-state index in [-0.39, 0.29) is 0 Å². The Morgan fingerprint density at radius 1 is 1.16 bits per heavy atom. The van der Waals surface area contributed by atoms with Crippen LogP contribution in [0.3, 0.4) is 0 Å². The van der Waals surface area contributed by atoms with Crippen molar-refractivity contribution in [2.24, 2.45) is 0 Å². The van der Waals surface area contributed by atoms with Gasteiger partial charge in [-0.1, -0.05) is 13.0 Å². The maximum absolute atomic E-state index is 5.69. The second-order valence-electron chi connectivity index (χ2n) is 6.58. The van der Waals surface area contributed by atoms with Gasteiger partial charge in [0.25, 0.3) is 0 Å². The van der Waals surface area contributed by atoms with Gasteiger partial charge in [0.05, 0.1) is 5.69 Å². The molecular formula is C19H24N4O2. The second kappa shape index (κ2) is 6.88. The van der Waals surface area contributed by atoms with Gasteiger partial charge in [0.2, 0.25) is 0 Å². The number of likely N-dealkylation sites (N-methyl/N-ethyl adjacent to an activating group) is 1. The number of fused-ring (bicyclic) bond motifs is 2. The minimum Gasteiger partial charge on any atom is -0.486 e. The van der Waals surface area contributed by atoms with Gasteiger partial charge in [0.15, 0.2) is 11.5 Å². The molecule has 0 spiro atoms. The lowest BCUT2D eigenvalue weighted by molar-refractivity contribution is 0.171. The molecule has 132 valence electrons. The van der Waals surface area contributed by atoms with Gasteiger partial charge in [0, 0.05) is 38.7 Å². The number of rotatable bonds is 4. The molecule has 0 amide bonds. The van der Waals surface area contributed by atoms with E-state index in [2.05, 4.69) is 45.9 Å². The molecule has 0 saturated heterocycles. The van der Waals surface area contributed by atoms with Gasteiger partial charge in [-0.15, -0.1) is 0 Å². The van der Waals surface area contributed by atoms with E-state index in [1.54, 1.807) is 6.33 Å². The van der Waals surface area contributed by atoms with Crippen LogP contribution in [0.1, 0.15) is 23.7 Å². The Morgan fingerprint density at radius 3 is 2.84 bits per heavy atom. The molecule has 25 heavy (non-hydrogen) atoms. The molecule has 0 radical (unpaired) electrons. The van der Waals surface area contributed by atoms with Crippen molar-refractivity contribution in [3.63, 3.8) is 0 Å². The lowest BCUT2D eigenvalue weighted by Gasteiger charge is -2.30. The fourth-order valence-corrected chi connectivity index (χ4v) is 3.52. The summed E-state index contributed by atoms with van der Waals surface area (Å²) in [6.45, 7) is 7.25. The summed E-state index contributed by atoms with van der Waals surface area (Å²) < 4.78 is 11.3. The Morgan fingerprint density at radius 2 is 2.00 bits per heavy atom. The van der Waals surface area contributed by atoms with Crippen LogP contribution in [0, 0.1) is 0 Å². The van der Waals surface area contributed by atoms with Crippen molar-refractivity contribution in [1.29, 1.82) is 0 Å². The maximum Gasteiger partial charge on any atom is 0.161 e. The summed E-state index contributed by atoms with van der Waals surface area (Å²) in [5, 5.41) is 0. The Labute approximate surface area is 148 Å². The predicted molar refractivity (Wildman–Crippen MR) is 96.2 cm³/mol. The summed E-state index contributed by atoms with van der Waals surface area (Å²) in [5.41, 5.74) is 3.63. The summed E-state index contributed by atoms with van der Waals surface area (Å²) in [6, 6.07) is 6.15. The van der Waals surface area contributed by atoms with Gasteiger partial charge in [-0.05, 0) is 24.2 Å². The van der Waals surface area contributed by atoms with Gasteiger partial charge in [-0.25, -0.2) is 9.97 Å². The van der Waals surface area contributed by atoms with Crippen molar-refractivity contribution in [2.75, 3.05) is 38.3 Å². The molecule has 4 rings (SSSR count). The summed E-state index contributed by atoms with van der Waals surface area (Å²) in [5.74, 6) is 2.69. The van der Waals surface area contributed by atoms with Gasteiger partial charge in [-0.3, -0.25) is 4.90 Å². The van der Waals surface area contributed by atoms with Gasteiger partial charge in [-0.2, -0.15) is 0 Å². The Kier molecular flexibility index (Phi) is 4.44. The molecule has 0 fully saturated rings. The molecule has 2 aliphatic rings. The molecule has 6 nitrogen and oxygen atoms in total. The molecule has 6 heteroatoms. The SMILES string of the molecule is CCN1CCc2ncnc(N(C)Cc3ccc4c(c3)OCCO4)c2C1. The number of benzene rings is 1. The highest BCUT2D eigenvalue weighted by Gasteiger charge is 2.22. The zero-order valence-electron chi connectivity index (χ0n) is 14.9. The predicted octanol–water partition coefficient (Wildman–Crippen LogP) is 2.26. The fraction of sp³-hybridized carbons (Fsp3) is 0.474. The van der Waals surface area contributed by atoms with Crippen molar-refractivity contribution in [3.8, 4) is 11.5 Å². The quantitative estimate of drug-likeness (QED) is 0.851. The monoisotopic (exact) mass is 340 g/mol. The van der Waals surface area contributed by atoms with Crippen molar-refractivity contribution in [1.82, 2.24) is 14.9 Å². The minimum absolute atomic E-state index is 0.610. The third-order valence-corrected chi connectivity index (χ3v) is 4.89. The first-order valence-electron chi connectivity index (χ1n) is 8.89. The molecule has 0 bridgehead atoms. The third kappa shape index (κ3) is 3.26. The van der Waals surface area contributed by atoms with E-state index in [0.29, 0.717) is 13.2 Å².